The van der Waals surface area contributed by atoms with Crippen molar-refractivity contribution in [2.75, 3.05) is 27.2 Å². The van der Waals surface area contributed by atoms with Gasteiger partial charge in [-0.3, -0.25) is 9.59 Å². The molecule has 2 amide bonds. The van der Waals surface area contributed by atoms with Crippen LogP contribution in [-0.4, -0.2) is 44.0 Å². The minimum atomic E-state index is -0.741. The summed E-state index contributed by atoms with van der Waals surface area (Å²) in [4.78, 5) is 37.8. The van der Waals surface area contributed by atoms with Crippen molar-refractivity contribution in [3.8, 4) is 11.5 Å². The summed E-state index contributed by atoms with van der Waals surface area (Å²) in [6, 6.07) is 8.84. The SMILES string of the molecule is CNC(=O)CCN(C)C(=O)c1c(C)cc(C2COc3ccccc3O2)oc1=O. The fourth-order valence-corrected chi connectivity index (χ4v) is 2.90. The Morgan fingerprint density at radius 2 is 1.96 bits per heavy atom. The Balaban J connectivity index is 1.79. The van der Waals surface area contributed by atoms with Crippen molar-refractivity contribution in [2.45, 2.75) is 19.4 Å². The molecule has 0 aliphatic carbocycles. The summed E-state index contributed by atoms with van der Waals surface area (Å²) in [6.07, 6.45) is -0.440. The average molecular weight is 386 g/mol. The van der Waals surface area contributed by atoms with Crippen LogP contribution in [0, 0.1) is 6.92 Å². The maximum atomic E-state index is 12.6. The van der Waals surface area contributed by atoms with Crippen LogP contribution >= 0.6 is 0 Å². The van der Waals surface area contributed by atoms with Gasteiger partial charge in [-0.05, 0) is 30.7 Å². The van der Waals surface area contributed by atoms with Crippen LogP contribution in [0.2, 0.25) is 0 Å². The molecule has 148 valence electrons. The molecular formula is C20H22N2O6. The number of ether oxygens (including phenoxy) is 2. The first-order chi connectivity index (χ1) is 13.4. The molecule has 2 aromatic rings. The van der Waals surface area contributed by atoms with E-state index >= 15 is 0 Å². The Morgan fingerprint density at radius 1 is 1.25 bits per heavy atom. The van der Waals surface area contributed by atoms with Crippen molar-refractivity contribution in [1.29, 1.82) is 0 Å². The van der Waals surface area contributed by atoms with E-state index in [1.54, 1.807) is 25.1 Å². The molecule has 0 fully saturated rings. The number of rotatable bonds is 5. The highest BCUT2D eigenvalue weighted by molar-refractivity contribution is 5.95. The molecule has 1 unspecified atom stereocenters. The molecule has 3 rings (SSSR count). The van der Waals surface area contributed by atoms with E-state index in [0.29, 0.717) is 22.8 Å². The number of benzene rings is 1. The van der Waals surface area contributed by atoms with Crippen LogP contribution in [0.4, 0.5) is 0 Å². The predicted octanol–water partition coefficient (Wildman–Crippen LogP) is 1.67. The van der Waals surface area contributed by atoms with Crippen LogP contribution in [0.1, 0.15) is 34.2 Å². The second kappa shape index (κ2) is 8.16. The molecule has 8 heteroatoms. The number of nitrogens with zero attached hydrogens (tertiary/aromatic N) is 1. The molecule has 1 aromatic heterocycles. The van der Waals surface area contributed by atoms with Crippen molar-refractivity contribution < 1.29 is 23.5 Å². The number of aryl methyl sites for hydroxylation is 1. The Bertz CT molecular complexity index is 952. The lowest BCUT2D eigenvalue weighted by molar-refractivity contribution is -0.120. The molecule has 1 aliphatic heterocycles. The van der Waals surface area contributed by atoms with Crippen LogP contribution in [0.5, 0.6) is 11.5 Å². The highest BCUT2D eigenvalue weighted by Gasteiger charge is 2.27. The summed E-state index contributed by atoms with van der Waals surface area (Å²) in [7, 11) is 3.06. The van der Waals surface area contributed by atoms with Gasteiger partial charge in [-0.15, -0.1) is 0 Å². The lowest BCUT2D eigenvalue weighted by atomic mass is 10.1. The highest BCUT2D eigenvalue weighted by atomic mass is 16.6. The number of para-hydroxylation sites is 2. The van der Waals surface area contributed by atoms with Crippen molar-refractivity contribution in [2.24, 2.45) is 0 Å². The molecular weight excluding hydrogens is 364 g/mol. The number of hydrogen-bond donors (Lipinski definition) is 1. The summed E-state index contributed by atoms with van der Waals surface area (Å²) in [5, 5.41) is 2.49. The Morgan fingerprint density at radius 3 is 2.64 bits per heavy atom. The zero-order valence-corrected chi connectivity index (χ0v) is 16.0. The van der Waals surface area contributed by atoms with E-state index in [2.05, 4.69) is 5.32 Å². The van der Waals surface area contributed by atoms with Gasteiger partial charge in [0.2, 0.25) is 5.91 Å². The number of nitrogens with one attached hydrogen (secondary N) is 1. The summed E-state index contributed by atoms with van der Waals surface area (Å²) in [5.74, 6) is 0.804. The molecule has 28 heavy (non-hydrogen) atoms. The van der Waals surface area contributed by atoms with Gasteiger partial charge in [0.25, 0.3) is 5.91 Å². The van der Waals surface area contributed by atoms with Gasteiger partial charge in [0.1, 0.15) is 12.2 Å². The van der Waals surface area contributed by atoms with Gasteiger partial charge in [-0.25, -0.2) is 4.79 Å². The summed E-state index contributed by atoms with van der Waals surface area (Å²) >= 11 is 0. The lowest BCUT2D eigenvalue weighted by Crippen LogP contribution is -2.35. The minimum absolute atomic E-state index is 0.0553. The molecule has 2 heterocycles. The fraction of sp³-hybridized carbons (Fsp3) is 0.350. The van der Waals surface area contributed by atoms with Crippen LogP contribution in [0.25, 0.3) is 0 Å². The normalized spacial score (nSPS) is 15.0. The molecule has 0 bridgehead atoms. The Kier molecular flexibility index (Phi) is 5.67. The van der Waals surface area contributed by atoms with E-state index < -0.39 is 17.6 Å². The van der Waals surface area contributed by atoms with E-state index in [4.69, 9.17) is 13.9 Å². The molecule has 0 saturated heterocycles. The van der Waals surface area contributed by atoms with Gasteiger partial charge >= 0.3 is 5.63 Å². The smallest absolute Gasteiger partial charge is 0.349 e. The first-order valence-corrected chi connectivity index (χ1v) is 8.90. The largest absolute Gasteiger partial charge is 0.485 e. The monoisotopic (exact) mass is 386 g/mol. The fourth-order valence-electron chi connectivity index (χ4n) is 2.90. The third-order valence-electron chi connectivity index (χ3n) is 4.51. The average Bonchev–Trinajstić information content (AvgIpc) is 2.70. The van der Waals surface area contributed by atoms with Crippen LogP contribution in [0.15, 0.2) is 39.5 Å². The van der Waals surface area contributed by atoms with E-state index in [1.165, 1.54) is 19.0 Å². The molecule has 8 nitrogen and oxygen atoms in total. The minimum Gasteiger partial charge on any atom is -0.485 e. The van der Waals surface area contributed by atoms with Gasteiger partial charge in [-0.1, -0.05) is 12.1 Å². The lowest BCUT2D eigenvalue weighted by Gasteiger charge is -2.26. The first-order valence-electron chi connectivity index (χ1n) is 8.90. The third kappa shape index (κ3) is 4.00. The van der Waals surface area contributed by atoms with E-state index in [-0.39, 0.29) is 31.0 Å². The first kappa shape index (κ1) is 19.5. The molecule has 1 atom stereocenters. The Hall–Kier alpha value is -3.29. The predicted molar refractivity (Wildman–Crippen MR) is 101 cm³/mol. The maximum Gasteiger partial charge on any atom is 0.349 e. The van der Waals surface area contributed by atoms with Crippen molar-refractivity contribution in [3.05, 3.63) is 57.6 Å². The van der Waals surface area contributed by atoms with Crippen molar-refractivity contribution in [1.82, 2.24) is 10.2 Å². The molecule has 1 N–H and O–H groups in total. The van der Waals surface area contributed by atoms with Crippen LogP contribution in [-0.2, 0) is 4.79 Å². The zero-order chi connectivity index (χ0) is 20.3. The molecule has 0 radical (unpaired) electrons. The van der Waals surface area contributed by atoms with Gasteiger partial charge in [0.05, 0.1) is 0 Å². The second-order valence-electron chi connectivity index (χ2n) is 6.51. The summed E-state index contributed by atoms with van der Waals surface area (Å²) in [6.45, 7) is 2.05. The molecule has 1 aromatic carbocycles. The summed E-state index contributed by atoms with van der Waals surface area (Å²) < 4.78 is 16.9. The topological polar surface area (TPSA) is 98.1 Å². The standard InChI is InChI=1S/C20H22N2O6/c1-12-10-15(16-11-26-13-6-4-5-7-14(13)27-16)28-20(25)18(12)19(24)22(3)9-8-17(23)21-2/h4-7,10,16H,8-9,11H2,1-3H3,(H,21,23). The molecule has 0 spiro atoms. The van der Waals surface area contributed by atoms with Gasteiger partial charge in [0, 0.05) is 27.1 Å². The highest BCUT2D eigenvalue weighted by Crippen LogP contribution is 2.35. The van der Waals surface area contributed by atoms with Crippen molar-refractivity contribution in [3.63, 3.8) is 0 Å². The van der Waals surface area contributed by atoms with Gasteiger partial charge in [-0.2, -0.15) is 0 Å². The molecule has 0 saturated carbocycles. The maximum absolute atomic E-state index is 12.6. The van der Waals surface area contributed by atoms with Gasteiger partial charge < -0.3 is 24.1 Å². The van der Waals surface area contributed by atoms with E-state index in [1.807, 2.05) is 12.1 Å². The van der Waals surface area contributed by atoms with Crippen LogP contribution in [0.3, 0.4) is 0 Å². The number of hydrogen-bond acceptors (Lipinski definition) is 6. The zero-order valence-electron chi connectivity index (χ0n) is 16.0. The molecule has 1 aliphatic rings. The summed E-state index contributed by atoms with van der Waals surface area (Å²) in [5.41, 5.74) is -0.319. The Labute approximate surface area is 162 Å². The van der Waals surface area contributed by atoms with E-state index in [9.17, 15) is 14.4 Å². The van der Waals surface area contributed by atoms with Crippen LogP contribution < -0.4 is 20.4 Å². The number of amides is 2. The number of fused-ring (bicyclic) bond motifs is 1. The van der Waals surface area contributed by atoms with E-state index in [0.717, 1.165) is 0 Å². The number of carbonyl (C=O) groups is 2. The third-order valence-corrected chi connectivity index (χ3v) is 4.51. The number of carbonyl (C=O) groups excluding carboxylic acids is 2. The quantitative estimate of drug-likeness (QED) is 0.839. The van der Waals surface area contributed by atoms with Gasteiger partial charge in [0.15, 0.2) is 23.4 Å². The van der Waals surface area contributed by atoms with Crippen molar-refractivity contribution >= 4 is 11.8 Å². The second-order valence-corrected chi connectivity index (χ2v) is 6.51.